The summed E-state index contributed by atoms with van der Waals surface area (Å²) in [5, 5.41) is 2.89. The summed E-state index contributed by atoms with van der Waals surface area (Å²) in [7, 11) is 0. The molecule has 0 aromatic rings. The van der Waals surface area contributed by atoms with Crippen molar-refractivity contribution >= 4 is 5.91 Å². The van der Waals surface area contributed by atoms with E-state index in [1.165, 1.54) is 0 Å². The molecule has 3 N–H and O–H groups in total. The highest BCUT2D eigenvalue weighted by Gasteiger charge is 2.34. The zero-order valence-electron chi connectivity index (χ0n) is 7.13. The van der Waals surface area contributed by atoms with E-state index in [-0.39, 0.29) is 11.9 Å². The molecule has 1 aliphatic carbocycles. The normalized spacial score (nSPS) is 31.2. The SMILES string of the molecule is CC[C@H](N)C(=O)NC1CC1C. The average Bonchev–Trinajstić information content (AvgIpc) is 2.65. The Bertz CT molecular complexity index is 158. The highest BCUT2D eigenvalue weighted by atomic mass is 16.2. The van der Waals surface area contributed by atoms with Gasteiger partial charge in [-0.15, -0.1) is 0 Å². The lowest BCUT2D eigenvalue weighted by Gasteiger charge is -2.08. The van der Waals surface area contributed by atoms with Gasteiger partial charge in [-0.25, -0.2) is 0 Å². The Labute approximate surface area is 67.3 Å². The quantitative estimate of drug-likeness (QED) is 0.615. The number of nitrogens with two attached hydrogens (primary N) is 1. The van der Waals surface area contributed by atoms with Crippen LogP contribution in [0, 0.1) is 5.92 Å². The predicted molar refractivity (Wildman–Crippen MR) is 44.0 cm³/mol. The molecule has 1 rings (SSSR count). The van der Waals surface area contributed by atoms with Crippen molar-refractivity contribution in [3.63, 3.8) is 0 Å². The zero-order valence-corrected chi connectivity index (χ0v) is 7.13. The third-order valence-electron chi connectivity index (χ3n) is 2.21. The van der Waals surface area contributed by atoms with Crippen LogP contribution in [0.2, 0.25) is 0 Å². The molecule has 3 heteroatoms. The van der Waals surface area contributed by atoms with Crippen LogP contribution in [-0.2, 0) is 4.79 Å². The summed E-state index contributed by atoms with van der Waals surface area (Å²) in [4.78, 5) is 11.1. The van der Waals surface area contributed by atoms with Gasteiger partial charge in [0.05, 0.1) is 6.04 Å². The molecule has 1 amide bonds. The lowest BCUT2D eigenvalue weighted by molar-refractivity contribution is -0.122. The summed E-state index contributed by atoms with van der Waals surface area (Å²) in [6, 6.07) is 0.0860. The van der Waals surface area contributed by atoms with Crippen molar-refractivity contribution in [3.05, 3.63) is 0 Å². The summed E-state index contributed by atoms with van der Waals surface area (Å²) >= 11 is 0. The van der Waals surface area contributed by atoms with Crippen molar-refractivity contribution in [1.82, 2.24) is 5.32 Å². The molecule has 0 aromatic heterocycles. The van der Waals surface area contributed by atoms with Crippen LogP contribution in [0.1, 0.15) is 26.7 Å². The molecule has 0 radical (unpaired) electrons. The second-order valence-corrected chi connectivity index (χ2v) is 3.34. The fraction of sp³-hybridized carbons (Fsp3) is 0.875. The molecule has 11 heavy (non-hydrogen) atoms. The van der Waals surface area contributed by atoms with Gasteiger partial charge in [0.15, 0.2) is 0 Å². The van der Waals surface area contributed by atoms with Crippen LogP contribution in [0.25, 0.3) is 0 Å². The molecule has 64 valence electrons. The Morgan fingerprint density at radius 1 is 1.82 bits per heavy atom. The minimum Gasteiger partial charge on any atom is -0.352 e. The van der Waals surface area contributed by atoms with Crippen LogP contribution < -0.4 is 11.1 Å². The summed E-state index contributed by atoms with van der Waals surface area (Å²) in [5.74, 6) is 0.657. The van der Waals surface area contributed by atoms with Crippen LogP contribution in [0.5, 0.6) is 0 Å². The van der Waals surface area contributed by atoms with Crippen LogP contribution in [-0.4, -0.2) is 18.0 Å². The second-order valence-electron chi connectivity index (χ2n) is 3.34. The van der Waals surface area contributed by atoms with Crippen molar-refractivity contribution in [1.29, 1.82) is 0 Å². The van der Waals surface area contributed by atoms with Crippen molar-refractivity contribution in [2.45, 2.75) is 38.8 Å². The molecular weight excluding hydrogens is 140 g/mol. The lowest BCUT2D eigenvalue weighted by Crippen LogP contribution is -2.41. The third kappa shape index (κ3) is 2.19. The molecule has 1 aliphatic rings. The van der Waals surface area contributed by atoms with E-state index in [9.17, 15) is 4.79 Å². The van der Waals surface area contributed by atoms with E-state index >= 15 is 0 Å². The molecule has 1 saturated carbocycles. The van der Waals surface area contributed by atoms with Gasteiger partial charge in [-0.3, -0.25) is 4.79 Å². The molecule has 0 heterocycles. The highest BCUT2D eigenvalue weighted by Crippen LogP contribution is 2.28. The van der Waals surface area contributed by atoms with Gasteiger partial charge in [0.25, 0.3) is 0 Å². The number of carbonyl (C=O) groups excluding carboxylic acids is 1. The van der Waals surface area contributed by atoms with E-state index in [0.29, 0.717) is 18.4 Å². The largest absolute Gasteiger partial charge is 0.352 e. The third-order valence-corrected chi connectivity index (χ3v) is 2.21. The standard InChI is InChI=1S/C8H16N2O/c1-3-6(9)8(11)10-7-4-5(7)2/h5-7H,3-4,9H2,1-2H3,(H,10,11)/t5?,6-,7?/m0/s1. The average molecular weight is 156 g/mol. The number of hydrogen-bond donors (Lipinski definition) is 2. The van der Waals surface area contributed by atoms with E-state index in [4.69, 9.17) is 5.73 Å². The number of nitrogens with one attached hydrogen (secondary N) is 1. The maximum Gasteiger partial charge on any atom is 0.237 e. The molecule has 0 aromatic carbocycles. The second kappa shape index (κ2) is 3.22. The molecule has 2 unspecified atom stereocenters. The van der Waals surface area contributed by atoms with Gasteiger partial charge in [0, 0.05) is 6.04 Å². The summed E-state index contributed by atoms with van der Waals surface area (Å²) in [6.07, 6.45) is 1.83. The Balaban J connectivity index is 2.21. The lowest BCUT2D eigenvalue weighted by atomic mass is 10.2. The molecule has 0 bridgehead atoms. The molecule has 3 atom stereocenters. The Morgan fingerprint density at radius 2 is 2.36 bits per heavy atom. The van der Waals surface area contributed by atoms with Crippen LogP contribution >= 0.6 is 0 Å². The molecule has 1 fully saturated rings. The Hall–Kier alpha value is -0.570. The first-order valence-corrected chi connectivity index (χ1v) is 4.21. The van der Waals surface area contributed by atoms with E-state index in [2.05, 4.69) is 12.2 Å². The minimum atomic E-state index is -0.317. The molecule has 0 spiro atoms. The van der Waals surface area contributed by atoms with Crippen LogP contribution in [0.15, 0.2) is 0 Å². The first-order valence-electron chi connectivity index (χ1n) is 4.21. The van der Waals surface area contributed by atoms with Gasteiger partial charge >= 0.3 is 0 Å². The highest BCUT2D eigenvalue weighted by molar-refractivity contribution is 5.81. The summed E-state index contributed by atoms with van der Waals surface area (Å²) in [6.45, 7) is 4.04. The first kappa shape index (κ1) is 8.53. The topological polar surface area (TPSA) is 55.1 Å². The molecule has 3 nitrogen and oxygen atoms in total. The number of rotatable bonds is 3. The van der Waals surface area contributed by atoms with Gasteiger partial charge in [0.1, 0.15) is 0 Å². The minimum absolute atomic E-state index is 0.00171. The van der Waals surface area contributed by atoms with Crippen LogP contribution in [0.4, 0.5) is 0 Å². The van der Waals surface area contributed by atoms with E-state index in [1.54, 1.807) is 0 Å². The number of hydrogen-bond acceptors (Lipinski definition) is 2. The maximum atomic E-state index is 11.1. The summed E-state index contributed by atoms with van der Waals surface area (Å²) in [5.41, 5.74) is 5.53. The van der Waals surface area contributed by atoms with Crippen molar-refractivity contribution in [3.8, 4) is 0 Å². The van der Waals surface area contributed by atoms with Crippen molar-refractivity contribution in [2.24, 2.45) is 11.7 Å². The zero-order chi connectivity index (χ0) is 8.43. The fourth-order valence-corrected chi connectivity index (χ4v) is 0.998. The molecule has 0 saturated heterocycles. The van der Waals surface area contributed by atoms with Gasteiger partial charge < -0.3 is 11.1 Å². The molecule has 0 aliphatic heterocycles. The Kier molecular flexibility index (Phi) is 2.49. The predicted octanol–water partition coefficient (Wildman–Crippen LogP) is 0.248. The van der Waals surface area contributed by atoms with Crippen molar-refractivity contribution in [2.75, 3.05) is 0 Å². The van der Waals surface area contributed by atoms with Gasteiger partial charge in [-0.1, -0.05) is 13.8 Å². The van der Waals surface area contributed by atoms with E-state index < -0.39 is 0 Å². The van der Waals surface area contributed by atoms with Gasteiger partial charge in [-0.2, -0.15) is 0 Å². The summed E-state index contributed by atoms with van der Waals surface area (Å²) < 4.78 is 0. The molecular formula is C8H16N2O. The Morgan fingerprint density at radius 3 is 2.73 bits per heavy atom. The van der Waals surface area contributed by atoms with Crippen molar-refractivity contribution < 1.29 is 4.79 Å². The number of amides is 1. The van der Waals surface area contributed by atoms with E-state index in [0.717, 1.165) is 6.42 Å². The first-order chi connectivity index (χ1) is 5.15. The number of carbonyl (C=O) groups is 1. The maximum absolute atomic E-state index is 11.1. The monoisotopic (exact) mass is 156 g/mol. The fourth-order valence-electron chi connectivity index (χ4n) is 0.998. The van der Waals surface area contributed by atoms with Gasteiger partial charge in [0.2, 0.25) is 5.91 Å². The van der Waals surface area contributed by atoms with Gasteiger partial charge in [-0.05, 0) is 18.8 Å². The smallest absolute Gasteiger partial charge is 0.237 e. The van der Waals surface area contributed by atoms with Crippen LogP contribution in [0.3, 0.4) is 0 Å². The van der Waals surface area contributed by atoms with E-state index in [1.807, 2.05) is 6.92 Å².